The molecule has 126 valence electrons. The molecule has 0 aromatic carbocycles. The van der Waals surface area contributed by atoms with Crippen LogP contribution in [-0.4, -0.2) is 27.0 Å². The Labute approximate surface area is 147 Å². The molecule has 2 fully saturated rings. The summed E-state index contributed by atoms with van der Waals surface area (Å²) in [5.41, 5.74) is 1.31. The van der Waals surface area contributed by atoms with Gasteiger partial charge in [-0.2, -0.15) is 0 Å². The van der Waals surface area contributed by atoms with Crippen LogP contribution in [0.2, 0.25) is 0 Å². The van der Waals surface area contributed by atoms with Crippen LogP contribution in [0.25, 0.3) is 0 Å². The molecule has 3 heterocycles. The molecular formula is C18H23N5S. The molecule has 1 aliphatic heterocycles. The maximum atomic E-state index is 4.73. The van der Waals surface area contributed by atoms with Crippen LogP contribution in [-0.2, 0) is 4.75 Å². The number of rotatable bonds is 4. The number of anilines is 1. The lowest BCUT2D eigenvalue weighted by Gasteiger charge is -2.38. The quantitative estimate of drug-likeness (QED) is 0.889. The van der Waals surface area contributed by atoms with Gasteiger partial charge in [0.1, 0.15) is 5.50 Å². The third-order valence-electron chi connectivity index (χ3n) is 5.07. The van der Waals surface area contributed by atoms with Crippen molar-refractivity contribution in [2.24, 2.45) is 5.92 Å². The molecule has 0 radical (unpaired) electrons. The second kappa shape index (κ2) is 7.07. The first kappa shape index (κ1) is 15.8. The van der Waals surface area contributed by atoms with Gasteiger partial charge in [0.15, 0.2) is 0 Å². The highest BCUT2D eigenvalue weighted by Gasteiger charge is 2.48. The van der Waals surface area contributed by atoms with E-state index in [0.29, 0.717) is 11.9 Å². The number of nitrogens with one attached hydrogen (secondary N) is 2. The van der Waals surface area contributed by atoms with Crippen LogP contribution in [0.4, 0.5) is 5.95 Å². The summed E-state index contributed by atoms with van der Waals surface area (Å²) < 4.78 is 0.0358. The van der Waals surface area contributed by atoms with E-state index >= 15 is 0 Å². The molecule has 1 saturated carbocycles. The van der Waals surface area contributed by atoms with Gasteiger partial charge in [-0.25, -0.2) is 9.97 Å². The Morgan fingerprint density at radius 1 is 1.00 bits per heavy atom. The Hall–Kier alpha value is -1.66. The number of pyridine rings is 1. The fourth-order valence-corrected chi connectivity index (χ4v) is 5.48. The first-order valence-electron chi connectivity index (χ1n) is 8.73. The van der Waals surface area contributed by atoms with Gasteiger partial charge in [-0.1, -0.05) is 25.3 Å². The fourth-order valence-electron chi connectivity index (χ4n) is 3.89. The molecule has 2 aliphatic rings. The lowest BCUT2D eigenvalue weighted by molar-refractivity contribution is 0.278. The minimum absolute atomic E-state index is 0.0358. The summed E-state index contributed by atoms with van der Waals surface area (Å²) in [5.74, 6) is 1.34. The third-order valence-corrected chi connectivity index (χ3v) is 6.69. The molecule has 2 aromatic rings. The zero-order valence-corrected chi connectivity index (χ0v) is 14.5. The van der Waals surface area contributed by atoms with Crippen LogP contribution in [0.15, 0.2) is 42.9 Å². The van der Waals surface area contributed by atoms with Gasteiger partial charge >= 0.3 is 0 Å². The van der Waals surface area contributed by atoms with E-state index < -0.39 is 0 Å². The SMILES string of the molecule is c1ccc(C2(C3CCCCC3)CNC(Nc3ncccn3)S2)nc1. The van der Waals surface area contributed by atoms with Crippen LogP contribution in [0, 0.1) is 5.92 Å². The Kier molecular flexibility index (Phi) is 4.67. The van der Waals surface area contributed by atoms with Gasteiger partial charge in [-0.15, -0.1) is 11.8 Å². The van der Waals surface area contributed by atoms with Crippen molar-refractivity contribution < 1.29 is 0 Å². The smallest absolute Gasteiger partial charge is 0.224 e. The lowest BCUT2D eigenvalue weighted by Crippen LogP contribution is -2.37. The second-order valence-corrected chi connectivity index (χ2v) is 7.97. The van der Waals surface area contributed by atoms with Crippen molar-refractivity contribution in [3.63, 3.8) is 0 Å². The Morgan fingerprint density at radius 2 is 1.79 bits per heavy atom. The molecule has 4 rings (SSSR count). The molecule has 1 aliphatic carbocycles. The van der Waals surface area contributed by atoms with Crippen LogP contribution in [0.3, 0.4) is 0 Å². The molecule has 5 nitrogen and oxygen atoms in total. The van der Waals surface area contributed by atoms with E-state index in [2.05, 4.69) is 32.7 Å². The van der Waals surface area contributed by atoms with Crippen LogP contribution >= 0.6 is 11.8 Å². The highest BCUT2D eigenvalue weighted by Crippen LogP contribution is 2.51. The van der Waals surface area contributed by atoms with E-state index in [1.807, 2.05) is 30.1 Å². The molecule has 2 aromatic heterocycles. The summed E-state index contributed by atoms with van der Waals surface area (Å²) >= 11 is 1.95. The summed E-state index contributed by atoms with van der Waals surface area (Å²) in [4.78, 5) is 13.3. The Bertz CT molecular complexity index is 647. The maximum absolute atomic E-state index is 4.73. The molecule has 2 unspecified atom stereocenters. The second-order valence-electron chi connectivity index (χ2n) is 6.53. The zero-order valence-electron chi connectivity index (χ0n) is 13.7. The van der Waals surface area contributed by atoms with Crippen molar-refractivity contribution in [1.29, 1.82) is 0 Å². The van der Waals surface area contributed by atoms with Crippen LogP contribution < -0.4 is 10.6 Å². The summed E-state index contributed by atoms with van der Waals surface area (Å²) in [5, 5.41) is 7.03. The zero-order chi connectivity index (χ0) is 16.2. The van der Waals surface area contributed by atoms with E-state index in [0.717, 1.165) is 6.54 Å². The van der Waals surface area contributed by atoms with Gasteiger partial charge in [0, 0.05) is 25.1 Å². The summed E-state index contributed by atoms with van der Waals surface area (Å²) in [6, 6.07) is 8.12. The van der Waals surface area contributed by atoms with Crippen LogP contribution in [0.5, 0.6) is 0 Å². The number of nitrogens with zero attached hydrogens (tertiary/aromatic N) is 3. The van der Waals surface area contributed by atoms with Gasteiger partial charge < -0.3 is 5.32 Å². The van der Waals surface area contributed by atoms with Crippen LogP contribution in [0.1, 0.15) is 37.8 Å². The van der Waals surface area contributed by atoms with Crippen molar-refractivity contribution in [2.45, 2.75) is 42.3 Å². The highest BCUT2D eigenvalue weighted by molar-refractivity contribution is 8.01. The van der Waals surface area contributed by atoms with E-state index in [9.17, 15) is 0 Å². The first-order chi connectivity index (χ1) is 11.9. The van der Waals surface area contributed by atoms with E-state index in [4.69, 9.17) is 4.98 Å². The monoisotopic (exact) mass is 341 g/mol. The predicted molar refractivity (Wildman–Crippen MR) is 97.5 cm³/mol. The van der Waals surface area contributed by atoms with Gasteiger partial charge in [-0.05, 0) is 37.0 Å². The van der Waals surface area contributed by atoms with Crippen molar-refractivity contribution >= 4 is 17.7 Å². The van der Waals surface area contributed by atoms with Crippen molar-refractivity contribution in [1.82, 2.24) is 20.3 Å². The molecule has 0 bridgehead atoms. The average Bonchev–Trinajstić information content (AvgIpc) is 3.09. The van der Waals surface area contributed by atoms with Crippen molar-refractivity contribution in [3.05, 3.63) is 48.5 Å². The molecule has 2 N–H and O–H groups in total. The minimum atomic E-state index is 0.0358. The molecule has 24 heavy (non-hydrogen) atoms. The number of hydrogen-bond donors (Lipinski definition) is 2. The highest BCUT2D eigenvalue weighted by atomic mass is 32.2. The van der Waals surface area contributed by atoms with E-state index in [1.165, 1.54) is 37.8 Å². The summed E-state index contributed by atoms with van der Waals surface area (Å²) in [7, 11) is 0. The lowest BCUT2D eigenvalue weighted by atomic mass is 9.77. The summed E-state index contributed by atoms with van der Waals surface area (Å²) in [6.07, 6.45) is 12.1. The topological polar surface area (TPSA) is 62.7 Å². The molecular weight excluding hydrogens is 318 g/mol. The van der Waals surface area contributed by atoms with Gasteiger partial charge in [0.2, 0.25) is 5.95 Å². The van der Waals surface area contributed by atoms with Crippen molar-refractivity contribution in [3.8, 4) is 0 Å². The minimum Gasteiger partial charge on any atom is -0.330 e. The normalized spacial score (nSPS) is 27.9. The summed E-state index contributed by atoms with van der Waals surface area (Å²) in [6.45, 7) is 0.934. The number of hydrogen-bond acceptors (Lipinski definition) is 6. The molecule has 0 spiro atoms. The Balaban J connectivity index is 1.58. The van der Waals surface area contributed by atoms with Gasteiger partial charge in [0.25, 0.3) is 0 Å². The maximum Gasteiger partial charge on any atom is 0.224 e. The van der Waals surface area contributed by atoms with Gasteiger partial charge in [0.05, 0.1) is 10.4 Å². The standard InChI is InChI=1S/C18H23N5S/c1-2-7-14(8-3-1)18(15-9-4-5-10-19-15)13-22-17(24-18)23-16-20-11-6-12-21-16/h4-6,9-12,14,17,22H,1-3,7-8,13H2,(H,20,21,23). The Morgan fingerprint density at radius 3 is 2.54 bits per heavy atom. The number of thioether (sulfide) groups is 1. The molecule has 2 atom stereocenters. The third kappa shape index (κ3) is 3.13. The molecule has 1 saturated heterocycles. The van der Waals surface area contributed by atoms with E-state index in [-0.39, 0.29) is 10.2 Å². The number of aromatic nitrogens is 3. The molecule has 6 heteroatoms. The van der Waals surface area contributed by atoms with E-state index in [1.54, 1.807) is 12.4 Å². The molecule has 0 amide bonds. The largest absolute Gasteiger partial charge is 0.330 e. The van der Waals surface area contributed by atoms with Crippen molar-refractivity contribution in [2.75, 3.05) is 11.9 Å². The average molecular weight is 341 g/mol. The van der Waals surface area contributed by atoms with Gasteiger partial charge in [-0.3, -0.25) is 10.3 Å². The fraction of sp³-hybridized carbons (Fsp3) is 0.500. The predicted octanol–water partition coefficient (Wildman–Crippen LogP) is 3.38. The first-order valence-corrected chi connectivity index (χ1v) is 9.61.